The Hall–Kier alpha value is -0.370. The predicted molar refractivity (Wildman–Crippen MR) is 50.5 cm³/mol. The maximum atomic E-state index is 10.6. The Labute approximate surface area is 79.7 Å². The zero-order valence-electron chi connectivity index (χ0n) is 8.67. The van der Waals surface area contributed by atoms with Crippen molar-refractivity contribution in [2.45, 2.75) is 51.2 Å². The molecule has 2 nitrogen and oxygen atoms in total. The number of fused-ring (bicyclic) bond motifs is 2. The van der Waals surface area contributed by atoms with Crippen molar-refractivity contribution in [1.29, 1.82) is 0 Å². The van der Waals surface area contributed by atoms with Gasteiger partial charge in [0.2, 0.25) is 0 Å². The molecule has 2 aliphatic rings. The molecule has 0 amide bonds. The lowest BCUT2D eigenvalue weighted by molar-refractivity contribution is -0.110. The van der Waals surface area contributed by atoms with Crippen LogP contribution < -0.4 is 0 Å². The molecule has 0 N–H and O–H groups in total. The first-order chi connectivity index (χ1) is 6.02. The first-order valence-electron chi connectivity index (χ1n) is 5.16. The smallest absolute Gasteiger partial charge is 0.120 e. The van der Waals surface area contributed by atoms with Crippen LogP contribution in [0.2, 0.25) is 0 Å². The van der Waals surface area contributed by atoms with Gasteiger partial charge in [0.15, 0.2) is 0 Å². The van der Waals surface area contributed by atoms with Crippen LogP contribution in [-0.2, 0) is 9.53 Å². The third-order valence-electron chi connectivity index (χ3n) is 4.29. The lowest BCUT2D eigenvalue weighted by Gasteiger charge is -2.33. The summed E-state index contributed by atoms with van der Waals surface area (Å²) < 4.78 is 6.07. The molecule has 0 aromatic rings. The molecule has 13 heavy (non-hydrogen) atoms. The highest BCUT2D eigenvalue weighted by Crippen LogP contribution is 2.57. The second kappa shape index (κ2) is 2.57. The SMILES string of the molecule is C[C@@H]1[C@@H](CC=O)[C@@]2(C)CC[C@]1(C)O2. The Morgan fingerprint density at radius 1 is 1.38 bits per heavy atom. The van der Waals surface area contributed by atoms with Crippen molar-refractivity contribution in [2.24, 2.45) is 11.8 Å². The molecule has 2 heterocycles. The summed E-state index contributed by atoms with van der Waals surface area (Å²) in [6, 6.07) is 0. The molecule has 2 aliphatic heterocycles. The maximum absolute atomic E-state index is 10.6. The van der Waals surface area contributed by atoms with Crippen LogP contribution >= 0.6 is 0 Å². The van der Waals surface area contributed by atoms with Gasteiger partial charge in [-0.2, -0.15) is 0 Å². The minimum Gasteiger partial charge on any atom is -0.369 e. The van der Waals surface area contributed by atoms with Crippen molar-refractivity contribution in [3.05, 3.63) is 0 Å². The fourth-order valence-electron chi connectivity index (χ4n) is 3.22. The van der Waals surface area contributed by atoms with Crippen molar-refractivity contribution in [3.63, 3.8) is 0 Å². The molecule has 2 bridgehead atoms. The predicted octanol–water partition coefficient (Wildman–Crippen LogP) is 2.17. The normalized spacial score (nSPS) is 54.1. The number of carbonyl (C=O) groups is 1. The third kappa shape index (κ3) is 1.08. The standard InChI is InChI=1S/C11H18O2/c1-8-9(4-7-12)11(3)6-5-10(8,2)13-11/h7-9H,4-6H2,1-3H3/t8-,9-,10+,11-/m1/s1. The second-order valence-electron chi connectivity index (χ2n) is 5.02. The van der Waals surface area contributed by atoms with E-state index in [0.29, 0.717) is 18.3 Å². The van der Waals surface area contributed by atoms with E-state index in [2.05, 4.69) is 20.8 Å². The van der Waals surface area contributed by atoms with E-state index < -0.39 is 0 Å². The molecule has 74 valence electrons. The second-order valence-corrected chi connectivity index (χ2v) is 5.02. The average molecular weight is 182 g/mol. The van der Waals surface area contributed by atoms with E-state index in [9.17, 15) is 4.79 Å². The summed E-state index contributed by atoms with van der Waals surface area (Å²) in [6.45, 7) is 6.57. The number of rotatable bonds is 2. The van der Waals surface area contributed by atoms with E-state index in [1.807, 2.05) is 0 Å². The number of aldehydes is 1. The minimum atomic E-state index is -0.0188. The van der Waals surface area contributed by atoms with Crippen LogP contribution in [0.3, 0.4) is 0 Å². The molecule has 2 saturated heterocycles. The van der Waals surface area contributed by atoms with E-state index in [4.69, 9.17) is 4.74 Å². The Bertz CT molecular complexity index is 238. The first-order valence-corrected chi connectivity index (χ1v) is 5.16. The third-order valence-corrected chi connectivity index (χ3v) is 4.29. The number of carbonyl (C=O) groups excluding carboxylic acids is 1. The van der Waals surface area contributed by atoms with Gasteiger partial charge in [0, 0.05) is 6.42 Å². The highest BCUT2D eigenvalue weighted by molar-refractivity contribution is 5.50. The number of hydrogen-bond acceptors (Lipinski definition) is 2. The number of hydrogen-bond donors (Lipinski definition) is 0. The van der Waals surface area contributed by atoms with Gasteiger partial charge in [-0.25, -0.2) is 0 Å². The molecule has 2 heteroatoms. The molecule has 0 radical (unpaired) electrons. The Morgan fingerprint density at radius 2 is 2.00 bits per heavy atom. The summed E-state index contributed by atoms with van der Waals surface area (Å²) in [4.78, 5) is 10.6. The monoisotopic (exact) mass is 182 g/mol. The summed E-state index contributed by atoms with van der Waals surface area (Å²) >= 11 is 0. The molecule has 0 saturated carbocycles. The van der Waals surface area contributed by atoms with Crippen molar-refractivity contribution in [2.75, 3.05) is 0 Å². The summed E-state index contributed by atoms with van der Waals surface area (Å²) in [7, 11) is 0. The quantitative estimate of drug-likeness (QED) is 0.612. The van der Waals surface area contributed by atoms with Crippen molar-refractivity contribution in [3.8, 4) is 0 Å². The molecule has 2 rings (SSSR count). The number of ether oxygens (including phenoxy) is 1. The molecular weight excluding hydrogens is 164 g/mol. The summed E-state index contributed by atoms with van der Waals surface area (Å²) in [5, 5.41) is 0. The van der Waals surface area contributed by atoms with Gasteiger partial charge in [0.05, 0.1) is 11.2 Å². The zero-order chi connectivity index (χ0) is 9.69. The zero-order valence-corrected chi connectivity index (χ0v) is 8.67. The fourth-order valence-corrected chi connectivity index (χ4v) is 3.22. The topological polar surface area (TPSA) is 26.3 Å². The largest absolute Gasteiger partial charge is 0.369 e. The van der Waals surface area contributed by atoms with Crippen molar-refractivity contribution < 1.29 is 9.53 Å². The Kier molecular flexibility index (Phi) is 1.82. The van der Waals surface area contributed by atoms with Crippen molar-refractivity contribution >= 4 is 6.29 Å². The van der Waals surface area contributed by atoms with E-state index in [1.54, 1.807) is 0 Å². The van der Waals surface area contributed by atoms with Crippen molar-refractivity contribution in [1.82, 2.24) is 0 Å². The molecule has 0 aromatic carbocycles. The van der Waals surface area contributed by atoms with Gasteiger partial charge in [-0.3, -0.25) is 0 Å². The van der Waals surface area contributed by atoms with Gasteiger partial charge in [-0.1, -0.05) is 6.92 Å². The Morgan fingerprint density at radius 3 is 2.46 bits per heavy atom. The molecule has 2 fully saturated rings. The average Bonchev–Trinajstić information content (AvgIpc) is 2.46. The highest BCUT2D eigenvalue weighted by Gasteiger charge is 2.60. The lowest BCUT2D eigenvalue weighted by Crippen LogP contribution is -2.36. The minimum absolute atomic E-state index is 0.0188. The van der Waals surface area contributed by atoms with Crippen LogP contribution in [0.1, 0.15) is 40.0 Å². The highest BCUT2D eigenvalue weighted by atomic mass is 16.5. The van der Waals surface area contributed by atoms with Crippen LogP contribution in [0.4, 0.5) is 0 Å². The summed E-state index contributed by atoms with van der Waals surface area (Å²) in [6.07, 6.45) is 3.97. The lowest BCUT2D eigenvalue weighted by atomic mass is 9.67. The van der Waals surface area contributed by atoms with E-state index in [0.717, 1.165) is 19.1 Å². The van der Waals surface area contributed by atoms with Gasteiger partial charge in [-0.15, -0.1) is 0 Å². The van der Waals surface area contributed by atoms with Gasteiger partial charge >= 0.3 is 0 Å². The molecule has 0 spiro atoms. The molecule has 0 unspecified atom stereocenters. The van der Waals surface area contributed by atoms with E-state index in [1.165, 1.54) is 0 Å². The molecule has 0 aromatic heterocycles. The van der Waals surface area contributed by atoms with Crippen LogP contribution in [0, 0.1) is 11.8 Å². The fraction of sp³-hybridized carbons (Fsp3) is 0.909. The van der Waals surface area contributed by atoms with Crippen LogP contribution in [0.15, 0.2) is 0 Å². The summed E-state index contributed by atoms with van der Waals surface area (Å²) in [5.41, 5.74) is 0.0253. The first kappa shape index (κ1) is 9.20. The summed E-state index contributed by atoms with van der Waals surface area (Å²) in [5.74, 6) is 0.959. The van der Waals surface area contributed by atoms with E-state index >= 15 is 0 Å². The molecule has 0 aliphatic carbocycles. The van der Waals surface area contributed by atoms with Gasteiger partial charge in [-0.05, 0) is 38.5 Å². The Balaban J connectivity index is 2.26. The molecular formula is C11H18O2. The molecule has 4 atom stereocenters. The van der Waals surface area contributed by atoms with Crippen LogP contribution in [0.5, 0.6) is 0 Å². The van der Waals surface area contributed by atoms with Gasteiger partial charge < -0.3 is 9.53 Å². The van der Waals surface area contributed by atoms with Gasteiger partial charge in [0.25, 0.3) is 0 Å². The van der Waals surface area contributed by atoms with Crippen LogP contribution in [0.25, 0.3) is 0 Å². The van der Waals surface area contributed by atoms with E-state index in [-0.39, 0.29) is 11.2 Å². The maximum Gasteiger partial charge on any atom is 0.120 e. The van der Waals surface area contributed by atoms with Crippen LogP contribution in [-0.4, -0.2) is 17.5 Å². The van der Waals surface area contributed by atoms with Gasteiger partial charge in [0.1, 0.15) is 6.29 Å².